The highest BCUT2D eigenvalue weighted by atomic mass is 16.2. The summed E-state index contributed by atoms with van der Waals surface area (Å²) >= 11 is 0. The van der Waals surface area contributed by atoms with Gasteiger partial charge in [-0.2, -0.15) is 0 Å². The van der Waals surface area contributed by atoms with Gasteiger partial charge in [-0.05, 0) is 38.6 Å². The highest BCUT2D eigenvalue weighted by molar-refractivity contribution is 5.96. The summed E-state index contributed by atoms with van der Waals surface area (Å²) in [6.45, 7) is 3.40. The van der Waals surface area contributed by atoms with Gasteiger partial charge >= 0.3 is 0 Å². The van der Waals surface area contributed by atoms with E-state index in [1.165, 1.54) is 6.92 Å². The van der Waals surface area contributed by atoms with Crippen molar-refractivity contribution in [1.29, 1.82) is 0 Å². The molecule has 0 aliphatic carbocycles. The molecule has 1 atom stereocenters. The summed E-state index contributed by atoms with van der Waals surface area (Å²) in [6.07, 6.45) is 3.67. The van der Waals surface area contributed by atoms with Crippen molar-refractivity contribution in [3.05, 3.63) is 23.9 Å². The van der Waals surface area contributed by atoms with E-state index in [0.717, 1.165) is 25.9 Å². The highest BCUT2D eigenvalue weighted by Gasteiger charge is 2.25. The van der Waals surface area contributed by atoms with Crippen LogP contribution in [0, 0.1) is 0 Å². The largest absolute Gasteiger partial charge is 0.337 e. The molecule has 1 aromatic rings. The molecule has 6 heteroatoms. The third kappa shape index (κ3) is 4.01. The smallest absolute Gasteiger partial charge is 0.254 e. The van der Waals surface area contributed by atoms with Crippen LogP contribution < -0.4 is 5.32 Å². The molecular formula is C15H22N4O2. The molecule has 2 heterocycles. The Balaban J connectivity index is 2.09. The lowest BCUT2D eigenvalue weighted by Crippen LogP contribution is -2.47. The predicted molar refractivity (Wildman–Crippen MR) is 81.2 cm³/mol. The maximum Gasteiger partial charge on any atom is 0.254 e. The van der Waals surface area contributed by atoms with Gasteiger partial charge in [0.15, 0.2) is 0 Å². The number of anilines is 1. The first-order valence-electron chi connectivity index (χ1n) is 7.16. The molecule has 114 valence electrons. The number of amides is 2. The average Bonchev–Trinajstić information content (AvgIpc) is 2.45. The number of aromatic nitrogens is 1. The van der Waals surface area contributed by atoms with Crippen LogP contribution in [0.15, 0.2) is 18.3 Å². The molecule has 0 radical (unpaired) electrons. The Morgan fingerprint density at radius 1 is 1.48 bits per heavy atom. The number of nitrogens with zero attached hydrogens (tertiary/aromatic N) is 3. The second-order valence-corrected chi connectivity index (χ2v) is 5.59. The molecule has 1 N–H and O–H groups in total. The molecule has 1 aliphatic rings. The van der Waals surface area contributed by atoms with E-state index in [2.05, 4.69) is 22.2 Å². The monoisotopic (exact) mass is 290 g/mol. The third-order valence-electron chi connectivity index (χ3n) is 3.78. The van der Waals surface area contributed by atoms with E-state index in [4.69, 9.17) is 0 Å². The molecule has 21 heavy (non-hydrogen) atoms. The van der Waals surface area contributed by atoms with E-state index >= 15 is 0 Å². The van der Waals surface area contributed by atoms with Crippen molar-refractivity contribution in [3.63, 3.8) is 0 Å². The van der Waals surface area contributed by atoms with E-state index < -0.39 is 0 Å². The lowest BCUT2D eigenvalue weighted by molar-refractivity contribution is -0.114. The van der Waals surface area contributed by atoms with Crippen LogP contribution in [0.1, 0.15) is 30.1 Å². The number of likely N-dealkylation sites (N-methyl/N-ethyl adjacent to an activating group) is 2. The number of hydrogen-bond acceptors (Lipinski definition) is 4. The van der Waals surface area contributed by atoms with Gasteiger partial charge in [0.05, 0.1) is 0 Å². The van der Waals surface area contributed by atoms with Gasteiger partial charge in [0.1, 0.15) is 5.82 Å². The summed E-state index contributed by atoms with van der Waals surface area (Å²) in [5.41, 5.74) is 0.546. The average molecular weight is 290 g/mol. The summed E-state index contributed by atoms with van der Waals surface area (Å²) in [4.78, 5) is 31.7. The fourth-order valence-corrected chi connectivity index (χ4v) is 2.64. The molecule has 0 unspecified atom stereocenters. The number of likely N-dealkylation sites (tertiary alicyclic amines) is 1. The van der Waals surface area contributed by atoms with Crippen LogP contribution in [-0.2, 0) is 4.79 Å². The Kier molecular flexibility index (Phi) is 4.90. The van der Waals surface area contributed by atoms with Crippen LogP contribution >= 0.6 is 0 Å². The summed E-state index contributed by atoms with van der Waals surface area (Å²) < 4.78 is 0. The maximum absolute atomic E-state index is 12.6. The second-order valence-electron chi connectivity index (χ2n) is 5.59. The molecule has 1 aliphatic heterocycles. The predicted octanol–water partition coefficient (Wildman–Crippen LogP) is 1.21. The van der Waals surface area contributed by atoms with Gasteiger partial charge in [0.2, 0.25) is 5.91 Å². The first-order valence-corrected chi connectivity index (χ1v) is 7.16. The van der Waals surface area contributed by atoms with Gasteiger partial charge in [-0.25, -0.2) is 4.98 Å². The van der Waals surface area contributed by atoms with E-state index in [1.54, 1.807) is 23.2 Å². The molecule has 1 saturated heterocycles. The number of piperidine rings is 1. The van der Waals surface area contributed by atoms with Crippen LogP contribution in [0.3, 0.4) is 0 Å². The quantitative estimate of drug-likeness (QED) is 0.908. The first-order chi connectivity index (χ1) is 9.97. The van der Waals surface area contributed by atoms with E-state index in [0.29, 0.717) is 11.4 Å². The van der Waals surface area contributed by atoms with Crippen molar-refractivity contribution in [1.82, 2.24) is 14.8 Å². The van der Waals surface area contributed by atoms with Crippen molar-refractivity contribution < 1.29 is 9.59 Å². The standard InChI is InChI=1S/C15H22N4O2/c1-11(20)17-14-9-12(6-7-16-14)15(21)19(3)13-5-4-8-18(2)10-13/h6-7,9,13H,4-5,8,10H2,1-3H3,(H,16,17,20)/t13-/m1/s1. The maximum atomic E-state index is 12.6. The molecule has 1 aromatic heterocycles. The van der Waals surface area contributed by atoms with Gasteiger partial charge in [0.25, 0.3) is 5.91 Å². The lowest BCUT2D eigenvalue weighted by atomic mass is 10.0. The van der Waals surface area contributed by atoms with Gasteiger partial charge in [-0.3, -0.25) is 9.59 Å². The summed E-state index contributed by atoms with van der Waals surface area (Å²) in [5, 5.41) is 2.60. The molecular weight excluding hydrogens is 268 g/mol. The minimum atomic E-state index is -0.200. The van der Waals surface area contributed by atoms with E-state index in [-0.39, 0.29) is 17.9 Å². The van der Waals surface area contributed by atoms with Crippen LogP contribution in [0.2, 0.25) is 0 Å². The minimum Gasteiger partial charge on any atom is -0.337 e. The Morgan fingerprint density at radius 2 is 2.24 bits per heavy atom. The highest BCUT2D eigenvalue weighted by Crippen LogP contribution is 2.17. The zero-order valence-electron chi connectivity index (χ0n) is 12.8. The molecule has 0 spiro atoms. The SMILES string of the molecule is CC(=O)Nc1cc(C(=O)N(C)[C@@H]2CCCN(C)C2)ccn1. The number of rotatable bonds is 3. The molecule has 0 aromatic carbocycles. The number of pyridine rings is 1. The fraction of sp³-hybridized carbons (Fsp3) is 0.533. The van der Waals surface area contributed by atoms with Crippen LogP contribution in [0.25, 0.3) is 0 Å². The summed E-state index contributed by atoms with van der Waals surface area (Å²) in [7, 11) is 3.91. The lowest BCUT2D eigenvalue weighted by Gasteiger charge is -2.35. The van der Waals surface area contributed by atoms with Crippen molar-refractivity contribution >= 4 is 17.6 Å². The number of hydrogen-bond donors (Lipinski definition) is 1. The van der Waals surface area contributed by atoms with Crippen LogP contribution in [0.4, 0.5) is 5.82 Å². The molecule has 1 fully saturated rings. The van der Waals surface area contributed by atoms with E-state index in [1.807, 2.05) is 7.05 Å². The molecule has 2 amide bonds. The minimum absolute atomic E-state index is 0.0377. The zero-order valence-corrected chi connectivity index (χ0v) is 12.8. The number of nitrogens with one attached hydrogen (secondary N) is 1. The second kappa shape index (κ2) is 6.67. The first kappa shape index (κ1) is 15.4. The number of carbonyl (C=O) groups excluding carboxylic acids is 2. The van der Waals surface area contributed by atoms with Gasteiger partial charge < -0.3 is 15.1 Å². The van der Waals surface area contributed by atoms with Crippen molar-refractivity contribution in [2.45, 2.75) is 25.8 Å². The van der Waals surface area contributed by atoms with Crippen LogP contribution in [-0.4, -0.2) is 59.8 Å². The van der Waals surface area contributed by atoms with Gasteiger partial charge in [0, 0.05) is 38.3 Å². The van der Waals surface area contributed by atoms with Crippen molar-refractivity contribution in [2.75, 3.05) is 32.5 Å². The number of carbonyl (C=O) groups is 2. The summed E-state index contributed by atoms with van der Waals surface area (Å²) in [6, 6.07) is 3.53. The van der Waals surface area contributed by atoms with E-state index in [9.17, 15) is 9.59 Å². The topological polar surface area (TPSA) is 65.5 Å². The Hall–Kier alpha value is -1.95. The molecule has 2 rings (SSSR count). The summed E-state index contributed by atoms with van der Waals surface area (Å²) in [5.74, 6) is 0.168. The third-order valence-corrected chi connectivity index (χ3v) is 3.78. The van der Waals surface area contributed by atoms with Crippen LogP contribution in [0.5, 0.6) is 0 Å². The molecule has 6 nitrogen and oxygen atoms in total. The van der Waals surface area contributed by atoms with Gasteiger partial charge in [-0.15, -0.1) is 0 Å². The molecule has 0 saturated carbocycles. The molecule has 0 bridgehead atoms. The normalized spacial score (nSPS) is 19.1. The van der Waals surface area contributed by atoms with Crippen molar-refractivity contribution in [2.24, 2.45) is 0 Å². The fourth-order valence-electron chi connectivity index (χ4n) is 2.64. The van der Waals surface area contributed by atoms with Gasteiger partial charge in [-0.1, -0.05) is 0 Å². The Morgan fingerprint density at radius 3 is 2.90 bits per heavy atom. The zero-order chi connectivity index (χ0) is 15.4. The van der Waals surface area contributed by atoms with Crippen molar-refractivity contribution in [3.8, 4) is 0 Å². The Labute approximate surface area is 125 Å². The Bertz CT molecular complexity index is 532.